The van der Waals surface area contributed by atoms with Crippen molar-refractivity contribution in [2.24, 2.45) is 34.5 Å². The van der Waals surface area contributed by atoms with Crippen LogP contribution in [0, 0.1) is 34.5 Å². The van der Waals surface area contributed by atoms with Gasteiger partial charge in [-0.3, -0.25) is 9.59 Å². The van der Waals surface area contributed by atoms with E-state index in [1.54, 1.807) is 0 Å². The van der Waals surface area contributed by atoms with Gasteiger partial charge in [-0.2, -0.15) is 0 Å². The molecule has 0 aromatic carbocycles. The van der Waals surface area contributed by atoms with E-state index in [2.05, 4.69) is 20.8 Å². The Bertz CT molecular complexity index is 483. The Labute approximate surface area is 147 Å². The monoisotopic (exact) mass is 336 g/mol. The van der Waals surface area contributed by atoms with Crippen molar-refractivity contribution in [1.29, 1.82) is 0 Å². The molecule has 0 N–H and O–H groups in total. The number of methoxy groups -OCH3 is 1. The highest BCUT2D eigenvalue weighted by atomic mass is 16.5. The molecule has 0 aliphatic heterocycles. The fourth-order valence-electron chi connectivity index (χ4n) is 5.96. The van der Waals surface area contributed by atoms with Crippen LogP contribution in [0.1, 0.15) is 79.6 Å². The maximum atomic E-state index is 12.6. The first kappa shape index (κ1) is 19.5. The van der Waals surface area contributed by atoms with E-state index in [0.29, 0.717) is 30.0 Å². The third-order valence-electron chi connectivity index (χ3n) is 7.42. The molecule has 0 bridgehead atoms. The van der Waals surface area contributed by atoms with E-state index in [1.807, 2.05) is 13.8 Å². The number of hydrogen-bond acceptors (Lipinski definition) is 3. The van der Waals surface area contributed by atoms with Crippen molar-refractivity contribution in [3.63, 3.8) is 0 Å². The van der Waals surface area contributed by atoms with E-state index in [9.17, 15) is 9.59 Å². The van der Waals surface area contributed by atoms with E-state index < -0.39 is 0 Å². The van der Waals surface area contributed by atoms with E-state index in [0.717, 1.165) is 32.1 Å². The number of ether oxygens (including phenoxy) is 1. The first-order chi connectivity index (χ1) is 11.2. The molecule has 2 aliphatic rings. The third-order valence-corrected chi connectivity index (χ3v) is 7.42. The highest BCUT2D eigenvalue weighted by Gasteiger charge is 2.58. The standard InChI is InChI=1S/C21H36O3/c1-14(2)17(22)10-9-16-15(3)8-11-18-20(16,4)12-7-13-21(18,5)19(23)24-6/h14-16,18H,7-13H2,1-6H3/t15?,16?,18?,20-,21-/m1/s1. The van der Waals surface area contributed by atoms with Gasteiger partial charge in [0, 0.05) is 12.3 Å². The quantitative estimate of drug-likeness (QED) is 0.662. The molecule has 3 unspecified atom stereocenters. The number of fused-ring (bicyclic) bond motifs is 1. The smallest absolute Gasteiger partial charge is 0.311 e. The van der Waals surface area contributed by atoms with Gasteiger partial charge in [0.05, 0.1) is 12.5 Å². The number of carbonyl (C=O) groups is 2. The van der Waals surface area contributed by atoms with Crippen LogP contribution in [0.15, 0.2) is 0 Å². The normalized spacial score (nSPS) is 39.4. The number of ketones is 1. The van der Waals surface area contributed by atoms with Crippen LogP contribution in [0.3, 0.4) is 0 Å². The average molecular weight is 337 g/mol. The fraction of sp³-hybridized carbons (Fsp3) is 0.905. The van der Waals surface area contributed by atoms with E-state index in [1.165, 1.54) is 13.5 Å². The summed E-state index contributed by atoms with van der Waals surface area (Å²) in [5.41, 5.74) is -0.210. The molecule has 3 nitrogen and oxygen atoms in total. The molecule has 5 atom stereocenters. The molecule has 24 heavy (non-hydrogen) atoms. The van der Waals surface area contributed by atoms with Gasteiger partial charge in [-0.15, -0.1) is 0 Å². The molecule has 0 radical (unpaired) electrons. The number of carbonyl (C=O) groups excluding carboxylic acids is 2. The van der Waals surface area contributed by atoms with Gasteiger partial charge < -0.3 is 4.74 Å². The topological polar surface area (TPSA) is 43.4 Å². The van der Waals surface area contributed by atoms with Gasteiger partial charge in [-0.1, -0.05) is 40.5 Å². The Balaban J connectivity index is 2.25. The maximum Gasteiger partial charge on any atom is 0.311 e. The van der Waals surface area contributed by atoms with Crippen molar-refractivity contribution in [1.82, 2.24) is 0 Å². The largest absolute Gasteiger partial charge is 0.469 e. The summed E-state index contributed by atoms with van der Waals surface area (Å²) in [6, 6.07) is 0. The summed E-state index contributed by atoms with van der Waals surface area (Å²) < 4.78 is 5.19. The Hall–Kier alpha value is -0.860. The Morgan fingerprint density at radius 1 is 1.17 bits per heavy atom. The zero-order chi connectivity index (χ0) is 18.1. The lowest BCUT2D eigenvalue weighted by Crippen LogP contribution is -2.55. The van der Waals surface area contributed by atoms with Crippen LogP contribution in [0.25, 0.3) is 0 Å². The number of rotatable bonds is 5. The molecule has 2 rings (SSSR count). The summed E-state index contributed by atoms with van der Waals surface area (Å²) in [5.74, 6) is 2.00. The molecule has 2 aliphatic carbocycles. The molecule has 2 saturated carbocycles. The molecule has 3 heteroatoms. The summed E-state index contributed by atoms with van der Waals surface area (Å²) in [6.07, 6.45) is 7.12. The predicted octanol–water partition coefficient (Wildman–Crippen LogP) is 5.02. The lowest BCUT2D eigenvalue weighted by Gasteiger charge is -2.58. The van der Waals surface area contributed by atoms with Crippen LogP contribution < -0.4 is 0 Å². The van der Waals surface area contributed by atoms with Crippen LogP contribution in [0.4, 0.5) is 0 Å². The fourth-order valence-corrected chi connectivity index (χ4v) is 5.96. The Morgan fingerprint density at radius 2 is 1.83 bits per heavy atom. The van der Waals surface area contributed by atoms with Crippen molar-refractivity contribution >= 4 is 11.8 Å². The van der Waals surface area contributed by atoms with Crippen LogP contribution in [-0.2, 0) is 14.3 Å². The molecule has 0 heterocycles. The van der Waals surface area contributed by atoms with Gasteiger partial charge in [0.15, 0.2) is 0 Å². The molecule has 0 saturated heterocycles. The first-order valence-electron chi connectivity index (χ1n) is 9.78. The molecule has 2 fully saturated rings. The van der Waals surface area contributed by atoms with Gasteiger partial charge in [0.25, 0.3) is 0 Å². The zero-order valence-electron chi connectivity index (χ0n) is 16.5. The van der Waals surface area contributed by atoms with Crippen LogP contribution in [-0.4, -0.2) is 18.9 Å². The van der Waals surface area contributed by atoms with E-state index in [4.69, 9.17) is 4.74 Å². The second-order valence-electron chi connectivity index (χ2n) is 9.14. The summed E-state index contributed by atoms with van der Waals surface area (Å²) in [7, 11) is 1.52. The second-order valence-corrected chi connectivity index (χ2v) is 9.14. The van der Waals surface area contributed by atoms with Crippen molar-refractivity contribution < 1.29 is 14.3 Å². The van der Waals surface area contributed by atoms with Gasteiger partial charge in [0.2, 0.25) is 0 Å². The Kier molecular flexibility index (Phi) is 5.82. The minimum absolute atomic E-state index is 0.0371. The van der Waals surface area contributed by atoms with Crippen molar-refractivity contribution in [2.45, 2.75) is 79.6 Å². The molecule has 0 aromatic heterocycles. The number of hydrogen-bond donors (Lipinski definition) is 0. The number of esters is 1. The van der Waals surface area contributed by atoms with Gasteiger partial charge >= 0.3 is 5.97 Å². The molecule has 0 aromatic rings. The van der Waals surface area contributed by atoms with Crippen LogP contribution in [0.5, 0.6) is 0 Å². The molecular formula is C21H36O3. The van der Waals surface area contributed by atoms with Crippen molar-refractivity contribution in [3.8, 4) is 0 Å². The van der Waals surface area contributed by atoms with Crippen LogP contribution >= 0.6 is 0 Å². The summed E-state index contributed by atoms with van der Waals surface area (Å²) in [6.45, 7) is 10.8. The van der Waals surface area contributed by atoms with Crippen molar-refractivity contribution in [2.75, 3.05) is 7.11 Å². The second kappa shape index (κ2) is 7.17. The molecule has 0 spiro atoms. The maximum absolute atomic E-state index is 12.6. The summed E-state index contributed by atoms with van der Waals surface area (Å²) in [5, 5.41) is 0. The number of Topliss-reactive ketones (excluding diaryl/α,β-unsaturated/α-hetero) is 1. The Morgan fingerprint density at radius 3 is 2.42 bits per heavy atom. The molecule has 138 valence electrons. The SMILES string of the molecule is COC(=O)[C@]1(C)CCC[C@]2(C)C(CCC(=O)C(C)C)C(C)CCC21. The highest BCUT2D eigenvalue weighted by Crippen LogP contribution is 2.62. The van der Waals surface area contributed by atoms with Gasteiger partial charge in [-0.25, -0.2) is 0 Å². The summed E-state index contributed by atoms with van der Waals surface area (Å²) >= 11 is 0. The molecule has 0 amide bonds. The minimum Gasteiger partial charge on any atom is -0.469 e. The van der Waals surface area contributed by atoms with Crippen LogP contribution in [0.2, 0.25) is 0 Å². The third kappa shape index (κ3) is 3.28. The minimum atomic E-state index is -0.359. The molecular weight excluding hydrogens is 300 g/mol. The van der Waals surface area contributed by atoms with Crippen molar-refractivity contribution in [3.05, 3.63) is 0 Å². The highest BCUT2D eigenvalue weighted by molar-refractivity contribution is 5.80. The zero-order valence-corrected chi connectivity index (χ0v) is 16.5. The average Bonchev–Trinajstić information content (AvgIpc) is 2.52. The lowest BCUT2D eigenvalue weighted by molar-refractivity contribution is -0.173. The van der Waals surface area contributed by atoms with Gasteiger partial charge in [0.1, 0.15) is 5.78 Å². The predicted molar refractivity (Wildman–Crippen MR) is 96.5 cm³/mol. The lowest BCUT2D eigenvalue weighted by atomic mass is 9.45. The first-order valence-corrected chi connectivity index (χ1v) is 9.78. The van der Waals surface area contributed by atoms with Gasteiger partial charge in [-0.05, 0) is 55.8 Å². The van der Waals surface area contributed by atoms with E-state index >= 15 is 0 Å². The van der Waals surface area contributed by atoms with E-state index in [-0.39, 0.29) is 22.7 Å². The summed E-state index contributed by atoms with van der Waals surface area (Å²) in [4.78, 5) is 24.7.